The largest absolute Gasteiger partial charge is 0.512 e. The van der Waals surface area contributed by atoms with Crippen molar-refractivity contribution in [3.8, 4) is 11.1 Å². The lowest BCUT2D eigenvalue weighted by molar-refractivity contribution is 0.499. The maximum Gasteiger partial charge on any atom is 0.187 e. The highest BCUT2D eigenvalue weighted by atomic mass is 16.3. The van der Waals surface area contributed by atoms with E-state index < -0.39 is 0 Å². The molecule has 1 N–H and O–H groups in total. The van der Waals surface area contributed by atoms with Crippen LogP contribution in [0.3, 0.4) is 0 Å². The molecule has 0 saturated heterocycles. The number of aliphatic hydroxyl groups excluding tert-OH is 1. The number of rotatable bonds is 0. The molecule has 0 spiro atoms. The molecule has 0 heterocycles. The molecule has 2 nitrogen and oxygen atoms in total. The predicted molar refractivity (Wildman–Crippen MR) is 82.5 cm³/mol. The van der Waals surface area contributed by atoms with E-state index in [-0.39, 0.29) is 11.2 Å². The average Bonchev–Trinajstić information content (AvgIpc) is 2.78. The van der Waals surface area contributed by atoms with Gasteiger partial charge in [0.2, 0.25) is 0 Å². The number of benzene rings is 3. The molecule has 0 radical (unpaired) electrons. The SMILES string of the molecule is C/C(O)=c1\ccc2c3c1c(=O)ccc-3c1ccccc12. The van der Waals surface area contributed by atoms with Crippen molar-refractivity contribution in [1.82, 2.24) is 0 Å². The van der Waals surface area contributed by atoms with Gasteiger partial charge in [-0.2, -0.15) is 0 Å². The van der Waals surface area contributed by atoms with Crippen LogP contribution in [0.2, 0.25) is 0 Å². The Morgan fingerprint density at radius 2 is 1.65 bits per heavy atom. The van der Waals surface area contributed by atoms with E-state index in [4.69, 9.17) is 0 Å². The van der Waals surface area contributed by atoms with E-state index in [0.29, 0.717) is 10.6 Å². The first-order valence-corrected chi connectivity index (χ1v) is 6.58. The van der Waals surface area contributed by atoms with Gasteiger partial charge in [-0.25, -0.2) is 0 Å². The van der Waals surface area contributed by atoms with E-state index in [0.717, 1.165) is 27.3 Å². The molecule has 0 saturated carbocycles. The van der Waals surface area contributed by atoms with Crippen LogP contribution >= 0.6 is 0 Å². The second kappa shape index (κ2) is 3.70. The monoisotopic (exact) mass is 260 g/mol. The van der Waals surface area contributed by atoms with Crippen molar-refractivity contribution in [2.75, 3.05) is 0 Å². The van der Waals surface area contributed by atoms with Crippen LogP contribution in [0.4, 0.5) is 0 Å². The van der Waals surface area contributed by atoms with Crippen LogP contribution in [-0.4, -0.2) is 5.11 Å². The first-order valence-electron chi connectivity index (χ1n) is 6.58. The van der Waals surface area contributed by atoms with E-state index in [2.05, 4.69) is 12.1 Å². The van der Waals surface area contributed by atoms with Gasteiger partial charge in [-0.3, -0.25) is 4.79 Å². The van der Waals surface area contributed by atoms with Crippen LogP contribution in [-0.2, 0) is 0 Å². The van der Waals surface area contributed by atoms with Gasteiger partial charge in [0.05, 0.1) is 5.76 Å². The minimum atomic E-state index is -0.0400. The highest BCUT2D eigenvalue weighted by molar-refractivity contribution is 6.21. The molecule has 0 aromatic heterocycles. The molecule has 2 aliphatic rings. The summed E-state index contributed by atoms with van der Waals surface area (Å²) in [6, 6.07) is 15.5. The van der Waals surface area contributed by atoms with Gasteiger partial charge in [0.25, 0.3) is 0 Å². The molecule has 0 bridgehead atoms. The van der Waals surface area contributed by atoms with E-state index in [1.165, 1.54) is 0 Å². The second-order valence-electron chi connectivity index (χ2n) is 5.15. The second-order valence-corrected chi connectivity index (χ2v) is 5.15. The Morgan fingerprint density at radius 1 is 0.900 bits per heavy atom. The summed E-state index contributed by atoms with van der Waals surface area (Å²) >= 11 is 0. The topological polar surface area (TPSA) is 37.3 Å². The Hall–Kier alpha value is -2.61. The molecule has 0 unspecified atom stereocenters. The maximum absolute atomic E-state index is 12.3. The van der Waals surface area contributed by atoms with Crippen molar-refractivity contribution >= 4 is 27.3 Å². The Kier molecular flexibility index (Phi) is 2.08. The molecule has 2 heteroatoms. The van der Waals surface area contributed by atoms with Crippen molar-refractivity contribution in [1.29, 1.82) is 0 Å². The van der Waals surface area contributed by atoms with E-state index in [1.54, 1.807) is 13.0 Å². The molecule has 0 aliphatic heterocycles. The van der Waals surface area contributed by atoms with Crippen molar-refractivity contribution in [3.05, 3.63) is 64.0 Å². The lowest BCUT2D eigenvalue weighted by Crippen LogP contribution is -2.15. The number of hydrogen-bond donors (Lipinski definition) is 1. The molecule has 0 amide bonds. The third-order valence-electron chi connectivity index (χ3n) is 4.02. The van der Waals surface area contributed by atoms with Gasteiger partial charge < -0.3 is 5.11 Å². The fourth-order valence-electron chi connectivity index (χ4n) is 3.17. The summed E-state index contributed by atoms with van der Waals surface area (Å²) in [5.74, 6) is 0.182. The Bertz CT molecular complexity index is 1030. The molecule has 0 fully saturated rings. The third kappa shape index (κ3) is 1.26. The molecular weight excluding hydrogens is 248 g/mol. The average molecular weight is 260 g/mol. The van der Waals surface area contributed by atoms with Crippen LogP contribution in [0, 0.1) is 0 Å². The smallest absolute Gasteiger partial charge is 0.187 e. The summed E-state index contributed by atoms with van der Waals surface area (Å²) in [6.07, 6.45) is 0. The Morgan fingerprint density at radius 3 is 2.40 bits per heavy atom. The predicted octanol–water partition coefficient (Wildman–Crippen LogP) is 3.30. The first kappa shape index (κ1) is 11.2. The van der Waals surface area contributed by atoms with Gasteiger partial charge >= 0.3 is 0 Å². The van der Waals surface area contributed by atoms with Crippen LogP contribution in [0.5, 0.6) is 0 Å². The van der Waals surface area contributed by atoms with E-state index in [9.17, 15) is 9.90 Å². The minimum absolute atomic E-state index is 0.0400. The fourth-order valence-corrected chi connectivity index (χ4v) is 3.17. The van der Waals surface area contributed by atoms with Gasteiger partial charge in [-0.15, -0.1) is 0 Å². The van der Waals surface area contributed by atoms with Gasteiger partial charge in [-0.1, -0.05) is 36.4 Å². The summed E-state index contributed by atoms with van der Waals surface area (Å²) in [4.78, 5) is 12.3. The lowest BCUT2D eigenvalue weighted by Gasteiger charge is -2.05. The Labute approximate surface area is 115 Å². The summed E-state index contributed by atoms with van der Waals surface area (Å²) in [5, 5.41) is 14.5. The summed E-state index contributed by atoms with van der Waals surface area (Å²) in [7, 11) is 0. The maximum atomic E-state index is 12.3. The molecule has 96 valence electrons. The zero-order valence-corrected chi connectivity index (χ0v) is 11.0. The number of hydrogen-bond acceptors (Lipinski definition) is 2. The molecule has 2 aliphatic carbocycles. The Balaban J connectivity index is 2.45. The standard InChI is InChI=1S/C18H12O2/c1-10(19)11-6-7-14-12-4-2-3-5-13(12)15-8-9-16(20)18(11)17(14)15/h2-9,19H,1H3/b11-10-. The van der Waals surface area contributed by atoms with E-state index >= 15 is 0 Å². The van der Waals surface area contributed by atoms with Crippen molar-refractivity contribution in [2.24, 2.45) is 0 Å². The van der Waals surface area contributed by atoms with Gasteiger partial charge in [-0.05, 0) is 40.8 Å². The van der Waals surface area contributed by atoms with Crippen LogP contribution in [0.25, 0.3) is 38.4 Å². The van der Waals surface area contributed by atoms with Crippen LogP contribution < -0.4 is 10.6 Å². The molecule has 2 aromatic carbocycles. The lowest BCUT2D eigenvalue weighted by atomic mass is 9.97. The zero-order chi connectivity index (χ0) is 13.9. The number of fused-ring (bicyclic) bond motifs is 3. The van der Waals surface area contributed by atoms with E-state index in [1.807, 2.05) is 30.3 Å². The highest BCUT2D eigenvalue weighted by Gasteiger charge is 2.19. The minimum Gasteiger partial charge on any atom is -0.512 e. The quantitative estimate of drug-likeness (QED) is 0.526. The summed E-state index contributed by atoms with van der Waals surface area (Å²) in [5.41, 5.74) is 2.00. The number of aliphatic hydroxyl groups is 1. The van der Waals surface area contributed by atoms with Crippen molar-refractivity contribution in [3.63, 3.8) is 0 Å². The molecule has 20 heavy (non-hydrogen) atoms. The van der Waals surface area contributed by atoms with Gasteiger partial charge in [0, 0.05) is 16.2 Å². The van der Waals surface area contributed by atoms with Gasteiger partial charge in [0.15, 0.2) is 5.43 Å². The molecule has 4 rings (SSSR count). The van der Waals surface area contributed by atoms with Crippen molar-refractivity contribution in [2.45, 2.75) is 6.92 Å². The summed E-state index contributed by atoms with van der Waals surface area (Å²) in [6.45, 7) is 1.62. The fraction of sp³-hybridized carbons (Fsp3) is 0.0556. The molecular formula is C18H12O2. The molecule has 2 aromatic rings. The highest BCUT2D eigenvalue weighted by Crippen LogP contribution is 2.40. The first-order chi connectivity index (χ1) is 9.68. The summed E-state index contributed by atoms with van der Waals surface area (Å²) < 4.78 is 0. The van der Waals surface area contributed by atoms with Gasteiger partial charge in [0.1, 0.15) is 0 Å². The van der Waals surface area contributed by atoms with Crippen LogP contribution in [0.15, 0.2) is 53.3 Å². The van der Waals surface area contributed by atoms with Crippen LogP contribution in [0.1, 0.15) is 6.92 Å². The molecule has 0 atom stereocenters. The normalized spacial score (nSPS) is 13.4. The zero-order valence-electron chi connectivity index (χ0n) is 11.0. The van der Waals surface area contributed by atoms with Crippen molar-refractivity contribution < 1.29 is 5.11 Å². The third-order valence-corrected chi connectivity index (χ3v) is 4.02.